The molecule has 7 heteroatoms. The average Bonchev–Trinajstić information content (AvgIpc) is 2.62. The molecule has 0 unspecified atom stereocenters. The Balaban J connectivity index is 1.82. The molecule has 2 aromatic carbocycles. The monoisotopic (exact) mass is 360 g/mol. The highest BCUT2D eigenvalue weighted by Gasteiger charge is 2.29. The largest absolute Gasteiger partial charge is 0.392 e. The number of hydrogen-bond acceptors (Lipinski definition) is 4. The summed E-state index contributed by atoms with van der Waals surface area (Å²) in [6.07, 6.45) is 0.577. The summed E-state index contributed by atoms with van der Waals surface area (Å²) in [7, 11) is -3.73. The van der Waals surface area contributed by atoms with E-state index in [4.69, 9.17) is 0 Å². The minimum atomic E-state index is -3.73. The second-order valence-corrected chi connectivity index (χ2v) is 7.95. The van der Waals surface area contributed by atoms with Crippen molar-refractivity contribution in [3.63, 3.8) is 0 Å². The van der Waals surface area contributed by atoms with E-state index < -0.39 is 16.1 Å². The van der Waals surface area contributed by atoms with Gasteiger partial charge in [-0.05, 0) is 43.2 Å². The smallest absolute Gasteiger partial charge is 0.255 e. The van der Waals surface area contributed by atoms with Gasteiger partial charge in [-0.2, -0.15) is 4.31 Å². The first-order chi connectivity index (χ1) is 12.0. The summed E-state index contributed by atoms with van der Waals surface area (Å²) in [5.74, 6) is -0.373. The van der Waals surface area contributed by atoms with Gasteiger partial charge in [0.1, 0.15) is 0 Å². The third-order valence-electron chi connectivity index (χ3n) is 4.12. The summed E-state index contributed by atoms with van der Waals surface area (Å²) < 4.78 is 26.8. The number of sulfonamides is 1. The van der Waals surface area contributed by atoms with Crippen LogP contribution < -0.4 is 5.32 Å². The zero-order valence-electron chi connectivity index (χ0n) is 13.6. The number of nitrogens with one attached hydrogen (secondary N) is 1. The molecule has 1 heterocycles. The molecule has 1 fully saturated rings. The number of β-amino-alcohol motifs (C(OH)–C–C–N with tert-alkyl or cyclic N) is 1. The Morgan fingerprint density at radius 1 is 1.12 bits per heavy atom. The van der Waals surface area contributed by atoms with Crippen LogP contribution in [0.5, 0.6) is 0 Å². The quantitative estimate of drug-likeness (QED) is 0.874. The number of rotatable bonds is 4. The third-order valence-corrected chi connectivity index (χ3v) is 5.99. The van der Waals surface area contributed by atoms with Gasteiger partial charge < -0.3 is 10.4 Å². The Bertz CT molecular complexity index is 852. The Labute approximate surface area is 147 Å². The third kappa shape index (κ3) is 4.07. The number of carbonyl (C=O) groups excluding carboxylic acids is 1. The van der Waals surface area contributed by atoms with Crippen LogP contribution in [0.3, 0.4) is 0 Å². The molecule has 0 saturated carbocycles. The van der Waals surface area contributed by atoms with Crippen LogP contribution in [-0.4, -0.2) is 42.9 Å². The van der Waals surface area contributed by atoms with Crippen molar-refractivity contribution in [2.75, 3.05) is 18.4 Å². The molecule has 0 aromatic heterocycles. The van der Waals surface area contributed by atoms with E-state index in [-0.39, 0.29) is 22.9 Å². The Kier molecular flexibility index (Phi) is 5.17. The zero-order valence-corrected chi connectivity index (χ0v) is 14.4. The first-order valence-corrected chi connectivity index (χ1v) is 9.55. The summed E-state index contributed by atoms with van der Waals surface area (Å²) in [4.78, 5) is 12.4. The minimum Gasteiger partial charge on any atom is -0.392 e. The molecule has 0 aliphatic carbocycles. The predicted molar refractivity (Wildman–Crippen MR) is 94.8 cm³/mol. The van der Waals surface area contributed by atoms with Gasteiger partial charge in [-0.3, -0.25) is 4.79 Å². The first-order valence-electron chi connectivity index (χ1n) is 8.11. The molecule has 0 spiro atoms. The van der Waals surface area contributed by atoms with Gasteiger partial charge in [0, 0.05) is 24.3 Å². The number of anilines is 1. The Morgan fingerprint density at radius 3 is 2.60 bits per heavy atom. The van der Waals surface area contributed by atoms with Gasteiger partial charge >= 0.3 is 0 Å². The van der Waals surface area contributed by atoms with Crippen molar-refractivity contribution in [3.8, 4) is 0 Å². The lowest BCUT2D eigenvalue weighted by atomic mass is 10.1. The average molecular weight is 360 g/mol. The van der Waals surface area contributed by atoms with Crippen molar-refractivity contribution in [2.24, 2.45) is 0 Å². The summed E-state index contributed by atoms with van der Waals surface area (Å²) in [6, 6.07) is 14.9. The van der Waals surface area contributed by atoms with Crippen LogP contribution >= 0.6 is 0 Å². The molecule has 0 bridgehead atoms. The molecule has 3 rings (SSSR count). The van der Waals surface area contributed by atoms with Crippen molar-refractivity contribution in [1.82, 2.24) is 4.31 Å². The molecular weight excluding hydrogens is 340 g/mol. The maximum absolute atomic E-state index is 12.7. The van der Waals surface area contributed by atoms with Gasteiger partial charge in [0.15, 0.2) is 0 Å². The summed E-state index contributed by atoms with van der Waals surface area (Å²) in [6.45, 7) is 0.461. The van der Waals surface area contributed by atoms with Crippen LogP contribution in [0.4, 0.5) is 5.69 Å². The second-order valence-electron chi connectivity index (χ2n) is 6.01. The maximum Gasteiger partial charge on any atom is 0.255 e. The van der Waals surface area contributed by atoms with E-state index in [9.17, 15) is 18.3 Å². The fourth-order valence-corrected chi connectivity index (χ4v) is 4.37. The number of aliphatic hydroxyl groups excluding tert-OH is 1. The van der Waals surface area contributed by atoms with E-state index in [0.29, 0.717) is 25.1 Å². The summed E-state index contributed by atoms with van der Waals surface area (Å²) >= 11 is 0. The molecule has 2 N–H and O–H groups in total. The summed E-state index contributed by atoms with van der Waals surface area (Å²) in [5.41, 5.74) is 0.905. The van der Waals surface area contributed by atoms with E-state index >= 15 is 0 Å². The molecular formula is C18H20N2O4S. The second kappa shape index (κ2) is 7.35. The van der Waals surface area contributed by atoms with Crippen LogP contribution in [0.1, 0.15) is 23.2 Å². The molecule has 1 aliphatic rings. The first kappa shape index (κ1) is 17.6. The standard InChI is InChI=1S/C18H20N2O4S/c21-16-9-5-11-20(13-16)25(23,24)17-10-4-6-14(12-17)18(22)19-15-7-2-1-3-8-15/h1-4,6-8,10,12,16,21H,5,9,11,13H2,(H,19,22)/t16-/m0/s1. The van der Waals surface area contributed by atoms with Gasteiger partial charge in [-0.25, -0.2) is 8.42 Å². The molecule has 132 valence electrons. The van der Waals surface area contributed by atoms with Crippen LogP contribution in [-0.2, 0) is 10.0 Å². The van der Waals surface area contributed by atoms with Crippen molar-refractivity contribution in [2.45, 2.75) is 23.8 Å². The highest BCUT2D eigenvalue weighted by molar-refractivity contribution is 7.89. The van der Waals surface area contributed by atoms with Crippen molar-refractivity contribution in [1.29, 1.82) is 0 Å². The van der Waals surface area contributed by atoms with Crippen molar-refractivity contribution < 1.29 is 18.3 Å². The molecule has 25 heavy (non-hydrogen) atoms. The molecule has 6 nitrogen and oxygen atoms in total. The van der Waals surface area contributed by atoms with E-state index in [1.54, 1.807) is 36.4 Å². The minimum absolute atomic E-state index is 0.0577. The van der Waals surface area contributed by atoms with E-state index in [1.807, 2.05) is 6.07 Å². The number of benzene rings is 2. The molecule has 0 radical (unpaired) electrons. The number of carbonyl (C=O) groups is 1. The lowest BCUT2D eigenvalue weighted by Crippen LogP contribution is -2.42. The van der Waals surface area contributed by atoms with Crippen LogP contribution in [0.2, 0.25) is 0 Å². The predicted octanol–water partition coefficient (Wildman–Crippen LogP) is 2.08. The van der Waals surface area contributed by atoms with Crippen LogP contribution in [0.25, 0.3) is 0 Å². The topological polar surface area (TPSA) is 86.7 Å². The normalized spacial score (nSPS) is 18.7. The van der Waals surface area contributed by atoms with Gasteiger partial charge in [0.25, 0.3) is 5.91 Å². The Hall–Kier alpha value is -2.22. The molecule has 2 aromatic rings. The number of amides is 1. The molecule has 1 atom stereocenters. The van der Waals surface area contributed by atoms with Gasteiger partial charge in [-0.1, -0.05) is 24.3 Å². The van der Waals surface area contributed by atoms with Gasteiger partial charge in [0.05, 0.1) is 11.0 Å². The fourth-order valence-electron chi connectivity index (χ4n) is 2.81. The highest BCUT2D eigenvalue weighted by atomic mass is 32.2. The van der Waals surface area contributed by atoms with Crippen molar-refractivity contribution in [3.05, 3.63) is 60.2 Å². The lowest BCUT2D eigenvalue weighted by molar-refractivity contribution is 0.102. The van der Waals surface area contributed by atoms with E-state index in [2.05, 4.69) is 5.32 Å². The number of aliphatic hydroxyl groups is 1. The molecule has 1 amide bonds. The van der Waals surface area contributed by atoms with Gasteiger partial charge in [-0.15, -0.1) is 0 Å². The number of hydrogen-bond donors (Lipinski definition) is 2. The molecule has 1 aliphatic heterocycles. The van der Waals surface area contributed by atoms with E-state index in [0.717, 1.165) is 0 Å². The summed E-state index contributed by atoms with van der Waals surface area (Å²) in [5, 5.41) is 12.5. The van der Waals surface area contributed by atoms with Crippen LogP contribution in [0.15, 0.2) is 59.5 Å². The Morgan fingerprint density at radius 2 is 1.88 bits per heavy atom. The van der Waals surface area contributed by atoms with Crippen LogP contribution in [0, 0.1) is 0 Å². The number of nitrogens with zero attached hydrogens (tertiary/aromatic N) is 1. The molecule has 1 saturated heterocycles. The number of piperidine rings is 1. The van der Waals surface area contributed by atoms with Gasteiger partial charge in [0.2, 0.25) is 10.0 Å². The number of para-hydroxylation sites is 1. The fraction of sp³-hybridized carbons (Fsp3) is 0.278. The maximum atomic E-state index is 12.7. The lowest BCUT2D eigenvalue weighted by Gasteiger charge is -2.29. The zero-order chi connectivity index (χ0) is 17.9. The van der Waals surface area contributed by atoms with Crippen molar-refractivity contribution >= 4 is 21.6 Å². The highest BCUT2D eigenvalue weighted by Crippen LogP contribution is 2.22. The van der Waals surface area contributed by atoms with E-state index in [1.165, 1.54) is 16.4 Å². The SMILES string of the molecule is O=C(Nc1ccccc1)c1cccc(S(=O)(=O)N2CCC[C@H](O)C2)c1.